The molecule has 0 aliphatic heterocycles. The Labute approximate surface area is 94.6 Å². The van der Waals surface area contributed by atoms with Gasteiger partial charge in [-0.2, -0.15) is 0 Å². The molecule has 0 amide bonds. The average Bonchev–Trinajstić information content (AvgIpc) is 2.20. The van der Waals surface area contributed by atoms with Crippen LogP contribution < -0.4 is 4.74 Å². The molecule has 0 heterocycles. The van der Waals surface area contributed by atoms with Crippen LogP contribution in [0.3, 0.4) is 0 Å². The summed E-state index contributed by atoms with van der Waals surface area (Å²) in [6, 6.07) is 3.18. The highest BCUT2D eigenvalue weighted by atomic mass is 19.4. The zero-order valence-corrected chi connectivity index (χ0v) is 8.75. The highest BCUT2D eigenvalue weighted by Gasteiger charge is 2.32. The van der Waals surface area contributed by atoms with Crippen molar-refractivity contribution in [3.05, 3.63) is 23.8 Å². The van der Waals surface area contributed by atoms with Crippen LogP contribution >= 0.6 is 0 Å². The minimum atomic E-state index is -4.87. The van der Waals surface area contributed by atoms with E-state index in [1.165, 1.54) is 13.2 Å². The summed E-state index contributed by atoms with van der Waals surface area (Å²) < 4.78 is 43.6. The van der Waals surface area contributed by atoms with Gasteiger partial charge in [-0.3, -0.25) is 4.79 Å². The maximum absolute atomic E-state index is 11.9. The van der Waals surface area contributed by atoms with Crippen molar-refractivity contribution in [2.24, 2.45) is 0 Å². The number of esters is 1. The van der Waals surface area contributed by atoms with Gasteiger partial charge in [0.05, 0.1) is 13.5 Å². The fourth-order valence-corrected chi connectivity index (χ4v) is 1.12. The molecule has 1 aromatic rings. The molecular weight excluding hydrogens is 241 g/mol. The predicted octanol–water partition coefficient (Wildman–Crippen LogP) is 2.01. The van der Waals surface area contributed by atoms with Gasteiger partial charge in [0.2, 0.25) is 0 Å². The summed E-state index contributed by atoms with van der Waals surface area (Å²) in [6.45, 7) is 0. The number of hydrogen-bond donors (Lipinski definition) is 1. The second kappa shape index (κ2) is 4.94. The van der Waals surface area contributed by atoms with Gasteiger partial charge in [-0.1, -0.05) is 6.07 Å². The Hall–Kier alpha value is -1.92. The first kappa shape index (κ1) is 13.1. The molecule has 94 valence electrons. The first-order valence-corrected chi connectivity index (χ1v) is 4.46. The van der Waals surface area contributed by atoms with Crippen LogP contribution in [0.1, 0.15) is 5.56 Å². The molecule has 1 rings (SSSR count). The van der Waals surface area contributed by atoms with Gasteiger partial charge in [0.1, 0.15) is 0 Å². The lowest BCUT2D eigenvalue weighted by molar-refractivity contribution is -0.275. The van der Waals surface area contributed by atoms with Crippen molar-refractivity contribution >= 4 is 5.97 Å². The van der Waals surface area contributed by atoms with Crippen LogP contribution in [0.5, 0.6) is 11.5 Å². The number of phenols is 1. The van der Waals surface area contributed by atoms with E-state index in [1.54, 1.807) is 0 Å². The largest absolute Gasteiger partial charge is 0.573 e. The minimum absolute atomic E-state index is 0.143. The third-order valence-electron chi connectivity index (χ3n) is 1.83. The summed E-state index contributed by atoms with van der Waals surface area (Å²) in [7, 11) is 1.18. The minimum Gasteiger partial charge on any atom is -0.504 e. The van der Waals surface area contributed by atoms with E-state index in [1.807, 2.05) is 0 Å². The van der Waals surface area contributed by atoms with E-state index in [4.69, 9.17) is 0 Å². The number of aromatic hydroxyl groups is 1. The second-order valence-electron chi connectivity index (χ2n) is 3.10. The molecular formula is C10H9F3O4. The summed E-state index contributed by atoms with van der Waals surface area (Å²) in [5, 5.41) is 9.26. The van der Waals surface area contributed by atoms with Crippen molar-refractivity contribution in [2.45, 2.75) is 12.8 Å². The Morgan fingerprint density at radius 2 is 2.06 bits per heavy atom. The molecule has 0 atom stereocenters. The first-order valence-electron chi connectivity index (χ1n) is 4.46. The molecule has 0 aliphatic rings. The van der Waals surface area contributed by atoms with Crippen molar-refractivity contribution in [3.63, 3.8) is 0 Å². The van der Waals surface area contributed by atoms with Gasteiger partial charge in [-0.05, 0) is 17.7 Å². The van der Waals surface area contributed by atoms with Crippen LogP contribution in [0.2, 0.25) is 0 Å². The van der Waals surface area contributed by atoms with Crippen molar-refractivity contribution in [3.8, 4) is 11.5 Å². The van der Waals surface area contributed by atoms with Gasteiger partial charge >= 0.3 is 12.3 Å². The van der Waals surface area contributed by atoms with E-state index < -0.39 is 23.8 Å². The van der Waals surface area contributed by atoms with Crippen LogP contribution in [-0.4, -0.2) is 24.5 Å². The zero-order valence-electron chi connectivity index (χ0n) is 8.75. The quantitative estimate of drug-likeness (QED) is 0.833. The normalized spacial score (nSPS) is 11.1. The van der Waals surface area contributed by atoms with Gasteiger partial charge in [-0.15, -0.1) is 13.2 Å². The van der Waals surface area contributed by atoms with E-state index in [0.29, 0.717) is 5.56 Å². The molecule has 0 bridgehead atoms. The third-order valence-corrected chi connectivity index (χ3v) is 1.83. The average molecular weight is 250 g/mol. The number of hydrogen-bond acceptors (Lipinski definition) is 4. The number of carbonyl (C=O) groups excluding carboxylic acids is 1. The highest BCUT2D eigenvalue weighted by molar-refractivity contribution is 5.72. The Kier molecular flexibility index (Phi) is 3.82. The van der Waals surface area contributed by atoms with Gasteiger partial charge in [0.15, 0.2) is 11.5 Å². The Balaban J connectivity index is 2.83. The number of methoxy groups -OCH3 is 1. The number of rotatable bonds is 3. The van der Waals surface area contributed by atoms with Crippen molar-refractivity contribution in [2.75, 3.05) is 7.11 Å². The summed E-state index contributed by atoms with van der Waals surface area (Å²) in [4.78, 5) is 10.9. The Morgan fingerprint density at radius 1 is 1.41 bits per heavy atom. The number of benzene rings is 1. The molecule has 0 spiro atoms. The molecule has 0 unspecified atom stereocenters. The topological polar surface area (TPSA) is 55.8 Å². The van der Waals surface area contributed by atoms with Crippen LogP contribution in [0, 0.1) is 0 Å². The number of halogens is 3. The summed E-state index contributed by atoms with van der Waals surface area (Å²) in [5.74, 6) is -1.97. The molecule has 17 heavy (non-hydrogen) atoms. The van der Waals surface area contributed by atoms with Gasteiger partial charge in [0, 0.05) is 0 Å². The van der Waals surface area contributed by atoms with Gasteiger partial charge in [-0.25, -0.2) is 0 Å². The maximum atomic E-state index is 11.9. The van der Waals surface area contributed by atoms with E-state index in [-0.39, 0.29) is 6.42 Å². The van der Waals surface area contributed by atoms with E-state index in [9.17, 15) is 23.1 Å². The molecule has 1 aromatic carbocycles. The fraction of sp³-hybridized carbons (Fsp3) is 0.300. The molecule has 0 saturated carbocycles. The monoisotopic (exact) mass is 250 g/mol. The summed E-state index contributed by atoms with van der Waals surface area (Å²) in [5.41, 5.74) is 0.323. The molecule has 0 aliphatic carbocycles. The molecule has 0 radical (unpaired) electrons. The number of phenolic OH excluding ortho intramolecular Hbond substituents is 1. The lowest BCUT2D eigenvalue weighted by Gasteiger charge is -2.10. The fourth-order valence-electron chi connectivity index (χ4n) is 1.12. The van der Waals surface area contributed by atoms with Gasteiger partial charge in [0.25, 0.3) is 0 Å². The predicted molar refractivity (Wildman–Crippen MR) is 50.5 cm³/mol. The van der Waals surface area contributed by atoms with Crippen LogP contribution in [0.25, 0.3) is 0 Å². The van der Waals surface area contributed by atoms with E-state index in [0.717, 1.165) is 12.1 Å². The highest BCUT2D eigenvalue weighted by Crippen LogP contribution is 2.31. The third kappa shape index (κ3) is 4.21. The lowest BCUT2D eigenvalue weighted by atomic mass is 10.1. The van der Waals surface area contributed by atoms with Crippen molar-refractivity contribution in [1.29, 1.82) is 0 Å². The molecule has 4 nitrogen and oxygen atoms in total. The number of carbonyl (C=O) groups is 1. The molecule has 0 fully saturated rings. The maximum Gasteiger partial charge on any atom is 0.573 e. The van der Waals surface area contributed by atoms with E-state index in [2.05, 4.69) is 9.47 Å². The van der Waals surface area contributed by atoms with Crippen LogP contribution in [0.4, 0.5) is 13.2 Å². The SMILES string of the molecule is COC(=O)Cc1ccc(OC(F)(F)F)c(O)c1. The second-order valence-corrected chi connectivity index (χ2v) is 3.10. The van der Waals surface area contributed by atoms with Gasteiger partial charge < -0.3 is 14.6 Å². The summed E-state index contributed by atoms with van der Waals surface area (Å²) in [6.07, 6.45) is -5.02. The van der Waals surface area contributed by atoms with E-state index >= 15 is 0 Å². The Morgan fingerprint density at radius 3 is 2.53 bits per heavy atom. The van der Waals surface area contributed by atoms with Crippen molar-refractivity contribution in [1.82, 2.24) is 0 Å². The number of alkyl halides is 3. The standard InChI is InChI=1S/C10H9F3O4/c1-16-9(15)5-6-2-3-8(7(14)4-6)17-10(11,12)13/h2-4,14H,5H2,1H3. The zero-order chi connectivity index (χ0) is 13.1. The lowest BCUT2D eigenvalue weighted by Crippen LogP contribution is -2.17. The molecule has 0 saturated heterocycles. The van der Waals surface area contributed by atoms with Crippen molar-refractivity contribution < 1.29 is 32.5 Å². The van der Waals surface area contributed by atoms with Crippen LogP contribution in [0.15, 0.2) is 18.2 Å². The molecule has 1 N–H and O–H groups in total. The smallest absolute Gasteiger partial charge is 0.504 e. The summed E-state index contributed by atoms with van der Waals surface area (Å²) >= 11 is 0. The molecule has 7 heteroatoms. The van der Waals surface area contributed by atoms with Crippen LogP contribution in [-0.2, 0) is 16.0 Å². The first-order chi connectivity index (χ1) is 7.81. The molecule has 0 aromatic heterocycles. The number of ether oxygens (including phenoxy) is 2. The Bertz CT molecular complexity index is 415.